The van der Waals surface area contributed by atoms with Gasteiger partial charge in [-0.15, -0.1) is 0 Å². The van der Waals surface area contributed by atoms with Crippen molar-refractivity contribution in [2.75, 3.05) is 20.6 Å². The standard InChI is InChI=1S/C12H23N/c1-11-6-4-8-12(11,9-5-7-11)10-13(2)3/h4-10H2,1-3H3. The van der Waals surface area contributed by atoms with Gasteiger partial charge in [0, 0.05) is 6.54 Å². The summed E-state index contributed by atoms with van der Waals surface area (Å²) in [6, 6.07) is 0. The summed E-state index contributed by atoms with van der Waals surface area (Å²) in [5.74, 6) is 0. The molecule has 0 amide bonds. The van der Waals surface area contributed by atoms with E-state index in [1.807, 2.05) is 0 Å². The first-order chi connectivity index (χ1) is 6.08. The third-order valence-electron chi connectivity index (χ3n) is 4.67. The average Bonchev–Trinajstić information content (AvgIpc) is 2.40. The summed E-state index contributed by atoms with van der Waals surface area (Å²) in [5, 5.41) is 0. The maximum absolute atomic E-state index is 2.54. The molecular formula is C12H23N. The molecule has 0 unspecified atom stereocenters. The number of hydrogen-bond acceptors (Lipinski definition) is 1. The Kier molecular flexibility index (Phi) is 2.18. The molecule has 0 heterocycles. The largest absolute Gasteiger partial charge is 0.309 e. The number of hydrogen-bond donors (Lipinski definition) is 0. The Morgan fingerprint density at radius 2 is 1.54 bits per heavy atom. The first-order valence-electron chi connectivity index (χ1n) is 5.73. The van der Waals surface area contributed by atoms with E-state index in [0.29, 0.717) is 10.8 Å². The van der Waals surface area contributed by atoms with Crippen LogP contribution in [0, 0.1) is 10.8 Å². The molecule has 0 bridgehead atoms. The van der Waals surface area contributed by atoms with Gasteiger partial charge in [0.2, 0.25) is 0 Å². The Bertz CT molecular complexity index is 185. The molecule has 2 fully saturated rings. The Labute approximate surface area is 82.5 Å². The zero-order valence-corrected chi connectivity index (χ0v) is 9.40. The van der Waals surface area contributed by atoms with Crippen molar-refractivity contribution in [2.45, 2.75) is 45.4 Å². The molecule has 76 valence electrons. The predicted molar refractivity (Wildman–Crippen MR) is 56.8 cm³/mol. The molecule has 2 aliphatic rings. The van der Waals surface area contributed by atoms with Crippen LogP contribution in [0.2, 0.25) is 0 Å². The second kappa shape index (κ2) is 2.98. The molecule has 0 radical (unpaired) electrons. The van der Waals surface area contributed by atoms with Crippen molar-refractivity contribution in [1.29, 1.82) is 0 Å². The topological polar surface area (TPSA) is 3.24 Å². The van der Waals surface area contributed by atoms with Crippen molar-refractivity contribution in [3.05, 3.63) is 0 Å². The quantitative estimate of drug-likeness (QED) is 0.633. The van der Waals surface area contributed by atoms with Gasteiger partial charge >= 0.3 is 0 Å². The minimum Gasteiger partial charge on any atom is -0.309 e. The first-order valence-corrected chi connectivity index (χ1v) is 5.73. The highest BCUT2D eigenvalue weighted by molar-refractivity contribution is 5.05. The van der Waals surface area contributed by atoms with Gasteiger partial charge in [0.15, 0.2) is 0 Å². The normalized spacial score (nSPS) is 44.3. The lowest BCUT2D eigenvalue weighted by Gasteiger charge is -2.40. The molecular weight excluding hydrogens is 158 g/mol. The summed E-state index contributed by atoms with van der Waals surface area (Å²) in [5.41, 5.74) is 1.38. The van der Waals surface area contributed by atoms with Crippen LogP contribution >= 0.6 is 0 Å². The van der Waals surface area contributed by atoms with E-state index in [1.54, 1.807) is 0 Å². The average molecular weight is 181 g/mol. The molecule has 0 aromatic heterocycles. The first kappa shape index (κ1) is 9.51. The van der Waals surface area contributed by atoms with E-state index in [9.17, 15) is 0 Å². The molecule has 1 nitrogen and oxygen atoms in total. The fourth-order valence-corrected chi connectivity index (χ4v) is 3.97. The molecule has 2 saturated carbocycles. The van der Waals surface area contributed by atoms with E-state index < -0.39 is 0 Å². The number of nitrogens with zero attached hydrogens (tertiary/aromatic N) is 1. The molecule has 0 aliphatic heterocycles. The lowest BCUT2D eigenvalue weighted by molar-refractivity contribution is 0.0915. The lowest BCUT2D eigenvalue weighted by Crippen LogP contribution is -2.39. The van der Waals surface area contributed by atoms with E-state index in [0.717, 1.165) is 0 Å². The van der Waals surface area contributed by atoms with Gasteiger partial charge in [-0.3, -0.25) is 0 Å². The van der Waals surface area contributed by atoms with Crippen LogP contribution < -0.4 is 0 Å². The molecule has 0 spiro atoms. The van der Waals surface area contributed by atoms with E-state index in [-0.39, 0.29) is 0 Å². The monoisotopic (exact) mass is 181 g/mol. The van der Waals surface area contributed by atoms with Crippen molar-refractivity contribution in [2.24, 2.45) is 10.8 Å². The van der Waals surface area contributed by atoms with E-state index in [2.05, 4.69) is 25.9 Å². The fourth-order valence-electron chi connectivity index (χ4n) is 3.97. The number of fused-ring (bicyclic) bond motifs is 1. The molecule has 0 atom stereocenters. The highest BCUT2D eigenvalue weighted by Crippen LogP contribution is 2.62. The van der Waals surface area contributed by atoms with Gasteiger partial charge in [-0.25, -0.2) is 0 Å². The molecule has 1 heteroatoms. The van der Waals surface area contributed by atoms with E-state index in [4.69, 9.17) is 0 Å². The van der Waals surface area contributed by atoms with Crippen LogP contribution in [-0.2, 0) is 0 Å². The summed E-state index contributed by atoms with van der Waals surface area (Å²) >= 11 is 0. The van der Waals surface area contributed by atoms with Crippen molar-refractivity contribution in [3.63, 3.8) is 0 Å². The van der Waals surface area contributed by atoms with Crippen molar-refractivity contribution in [1.82, 2.24) is 4.90 Å². The molecule has 13 heavy (non-hydrogen) atoms. The van der Waals surface area contributed by atoms with Gasteiger partial charge in [0.1, 0.15) is 0 Å². The van der Waals surface area contributed by atoms with Crippen LogP contribution in [0.25, 0.3) is 0 Å². The Balaban J connectivity index is 2.18. The highest BCUT2D eigenvalue weighted by Gasteiger charge is 2.54. The Morgan fingerprint density at radius 1 is 1.00 bits per heavy atom. The molecule has 0 saturated heterocycles. The van der Waals surface area contributed by atoms with Gasteiger partial charge in [-0.2, -0.15) is 0 Å². The van der Waals surface area contributed by atoms with Gasteiger partial charge in [-0.1, -0.05) is 19.8 Å². The summed E-state index contributed by atoms with van der Waals surface area (Å²) < 4.78 is 0. The molecule has 0 aromatic rings. The van der Waals surface area contributed by atoms with Gasteiger partial charge in [0.25, 0.3) is 0 Å². The van der Waals surface area contributed by atoms with Crippen LogP contribution in [0.15, 0.2) is 0 Å². The van der Waals surface area contributed by atoms with Gasteiger partial charge < -0.3 is 4.90 Å². The van der Waals surface area contributed by atoms with Crippen LogP contribution in [0.4, 0.5) is 0 Å². The lowest BCUT2D eigenvalue weighted by atomic mass is 9.69. The maximum Gasteiger partial charge on any atom is 0.00371 e. The van der Waals surface area contributed by atoms with Gasteiger partial charge in [-0.05, 0) is 50.6 Å². The van der Waals surface area contributed by atoms with E-state index in [1.165, 1.54) is 45.1 Å². The molecule has 2 rings (SSSR count). The minimum absolute atomic E-state index is 0.691. The third-order valence-corrected chi connectivity index (χ3v) is 4.67. The predicted octanol–water partition coefficient (Wildman–Crippen LogP) is 2.91. The van der Waals surface area contributed by atoms with Crippen LogP contribution in [0.5, 0.6) is 0 Å². The van der Waals surface area contributed by atoms with Crippen molar-refractivity contribution >= 4 is 0 Å². The van der Waals surface area contributed by atoms with Gasteiger partial charge in [0.05, 0.1) is 0 Å². The van der Waals surface area contributed by atoms with E-state index >= 15 is 0 Å². The smallest absolute Gasteiger partial charge is 0.00371 e. The summed E-state index contributed by atoms with van der Waals surface area (Å²) in [6.45, 7) is 3.86. The SMILES string of the molecule is CN(C)CC12CCCC1(C)CCC2. The Morgan fingerprint density at radius 3 is 2.00 bits per heavy atom. The van der Waals surface area contributed by atoms with Crippen molar-refractivity contribution in [3.8, 4) is 0 Å². The second-order valence-corrected chi connectivity index (χ2v) is 5.79. The zero-order chi connectivity index (χ0) is 9.53. The Hall–Kier alpha value is -0.0400. The third kappa shape index (κ3) is 1.32. The molecule has 0 aromatic carbocycles. The summed E-state index contributed by atoms with van der Waals surface area (Å²) in [4.78, 5) is 2.40. The second-order valence-electron chi connectivity index (χ2n) is 5.79. The summed E-state index contributed by atoms with van der Waals surface area (Å²) in [6.07, 6.45) is 8.90. The fraction of sp³-hybridized carbons (Fsp3) is 1.00. The van der Waals surface area contributed by atoms with Crippen LogP contribution in [-0.4, -0.2) is 25.5 Å². The molecule has 2 aliphatic carbocycles. The zero-order valence-electron chi connectivity index (χ0n) is 9.40. The van der Waals surface area contributed by atoms with Crippen molar-refractivity contribution < 1.29 is 0 Å². The molecule has 0 N–H and O–H groups in total. The highest BCUT2D eigenvalue weighted by atomic mass is 15.1. The summed E-state index contributed by atoms with van der Waals surface area (Å²) in [7, 11) is 4.46. The number of rotatable bonds is 2. The maximum atomic E-state index is 2.54. The van der Waals surface area contributed by atoms with Crippen LogP contribution in [0.3, 0.4) is 0 Å². The minimum atomic E-state index is 0.691. The van der Waals surface area contributed by atoms with Crippen LogP contribution in [0.1, 0.15) is 45.4 Å².